The van der Waals surface area contributed by atoms with E-state index in [1.807, 2.05) is 0 Å². The summed E-state index contributed by atoms with van der Waals surface area (Å²) < 4.78 is 57.5. The van der Waals surface area contributed by atoms with Gasteiger partial charge in [0.25, 0.3) is 0 Å². The van der Waals surface area contributed by atoms with Gasteiger partial charge in [0.1, 0.15) is 0 Å². The van der Waals surface area contributed by atoms with Crippen molar-refractivity contribution < 1.29 is 26.1 Å². The third-order valence-electron chi connectivity index (χ3n) is 2.39. The quantitative estimate of drug-likeness (QED) is 0.679. The minimum absolute atomic E-state index is 1.03. The Bertz CT molecular complexity index is 601. The molecule has 0 atom stereocenters. The van der Waals surface area contributed by atoms with Crippen molar-refractivity contribution in [2.75, 3.05) is 0 Å². The number of hydrogen-bond donors (Lipinski definition) is 1. The number of alkyl halides is 3. The van der Waals surface area contributed by atoms with Crippen LogP contribution in [0.2, 0.25) is 0 Å². The van der Waals surface area contributed by atoms with Gasteiger partial charge in [-0.05, 0) is 17.5 Å². The van der Waals surface area contributed by atoms with E-state index in [1.165, 1.54) is 11.1 Å². The summed E-state index contributed by atoms with van der Waals surface area (Å²) in [6, 6.07) is 21.1. The predicted molar refractivity (Wildman–Crippen MR) is 73.3 cm³/mol. The highest BCUT2D eigenvalue weighted by atomic mass is 32.2. The molecule has 0 aliphatic rings. The van der Waals surface area contributed by atoms with Crippen molar-refractivity contribution >= 4 is 10.1 Å². The second-order valence-electron chi connectivity index (χ2n) is 4.07. The fourth-order valence-electron chi connectivity index (χ4n) is 1.43. The van der Waals surface area contributed by atoms with Crippen molar-refractivity contribution in [3.8, 4) is 0 Å². The molecule has 0 aliphatic carbocycles. The summed E-state index contributed by atoms with van der Waals surface area (Å²) in [4.78, 5) is 0. The Morgan fingerprint density at radius 2 is 1.10 bits per heavy atom. The maximum absolute atomic E-state index is 10.7. The maximum atomic E-state index is 10.7. The van der Waals surface area contributed by atoms with Crippen LogP contribution in [0.3, 0.4) is 0 Å². The first-order chi connectivity index (χ1) is 9.70. The van der Waals surface area contributed by atoms with Gasteiger partial charge in [0.15, 0.2) is 0 Å². The zero-order valence-electron chi connectivity index (χ0n) is 10.8. The number of hydrogen-bond acceptors (Lipinski definition) is 2. The maximum Gasteiger partial charge on any atom is 0.522 e. The normalized spacial score (nSPS) is 11.4. The Balaban J connectivity index is 0.000000240. The fourth-order valence-corrected chi connectivity index (χ4v) is 1.43. The van der Waals surface area contributed by atoms with E-state index < -0.39 is 15.6 Å². The summed E-state index contributed by atoms with van der Waals surface area (Å²) in [7, 11) is -5.84. The van der Waals surface area contributed by atoms with Gasteiger partial charge in [-0.1, -0.05) is 60.7 Å². The van der Waals surface area contributed by atoms with E-state index in [0.29, 0.717) is 0 Å². The van der Waals surface area contributed by atoms with Crippen molar-refractivity contribution in [1.29, 1.82) is 0 Å². The first-order valence-electron chi connectivity index (χ1n) is 5.82. The molecule has 0 saturated carbocycles. The second kappa shape index (κ2) is 7.24. The Labute approximate surface area is 120 Å². The van der Waals surface area contributed by atoms with E-state index in [0.717, 1.165) is 6.42 Å². The number of halogens is 3. The van der Waals surface area contributed by atoms with E-state index in [2.05, 4.69) is 60.7 Å². The minimum Gasteiger partial charge on any atom is -0.279 e. The van der Waals surface area contributed by atoms with Gasteiger partial charge in [-0.25, -0.2) is 0 Å². The lowest BCUT2D eigenvalue weighted by Gasteiger charge is -2.00. The van der Waals surface area contributed by atoms with Crippen LogP contribution in [0.4, 0.5) is 13.2 Å². The highest BCUT2D eigenvalue weighted by Gasteiger charge is 2.44. The van der Waals surface area contributed by atoms with Crippen LogP contribution in [0.15, 0.2) is 60.7 Å². The van der Waals surface area contributed by atoms with Crippen LogP contribution in [0.5, 0.6) is 0 Å². The van der Waals surface area contributed by atoms with Crippen molar-refractivity contribution in [2.24, 2.45) is 0 Å². The van der Waals surface area contributed by atoms with E-state index in [4.69, 9.17) is 13.0 Å². The second-order valence-corrected chi connectivity index (χ2v) is 5.48. The molecule has 1 N–H and O–H groups in total. The van der Waals surface area contributed by atoms with E-state index in [1.54, 1.807) is 0 Å². The summed E-state index contributed by atoms with van der Waals surface area (Å²) in [5.74, 6) is 0. The van der Waals surface area contributed by atoms with Gasteiger partial charge in [-0.15, -0.1) is 0 Å². The lowest BCUT2D eigenvalue weighted by Crippen LogP contribution is -2.21. The van der Waals surface area contributed by atoms with Crippen molar-refractivity contribution in [3.63, 3.8) is 0 Å². The molecule has 0 amide bonds. The molecule has 0 aliphatic heterocycles. The lowest BCUT2D eigenvalue weighted by molar-refractivity contribution is -0.0510. The average molecular weight is 318 g/mol. The molecule has 3 nitrogen and oxygen atoms in total. The summed E-state index contributed by atoms with van der Waals surface area (Å²) in [5, 5.41) is 0. The standard InChI is InChI=1S/C13H12.CHF3O3S/c1-3-7-12(8-4-1)11-13-9-5-2-6-10-13;2-1(3,4)8(5,6)7/h1-10H,11H2;(H,5,6,7). The molecule has 7 heteroatoms. The lowest BCUT2D eigenvalue weighted by atomic mass is 10.1. The molecule has 2 aromatic carbocycles. The van der Waals surface area contributed by atoms with E-state index in [9.17, 15) is 13.2 Å². The Morgan fingerprint density at radius 1 is 0.810 bits per heavy atom. The van der Waals surface area contributed by atoms with Crippen LogP contribution < -0.4 is 0 Å². The van der Waals surface area contributed by atoms with Crippen molar-refractivity contribution in [1.82, 2.24) is 0 Å². The topological polar surface area (TPSA) is 54.4 Å². The molecule has 21 heavy (non-hydrogen) atoms. The first kappa shape index (κ1) is 17.2. The Hall–Kier alpha value is -1.86. The third-order valence-corrected chi connectivity index (χ3v) is 2.97. The fraction of sp³-hybridized carbons (Fsp3) is 0.143. The van der Waals surface area contributed by atoms with E-state index >= 15 is 0 Å². The Kier molecular flexibility index (Phi) is 5.92. The molecule has 0 spiro atoms. The Morgan fingerprint density at radius 3 is 1.33 bits per heavy atom. The molecule has 0 saturated heterocycles. The molecule has 0 heterocycles. The van der Waals surface area contributed by atoms with Crippen LogP contribution in [-0.4, -0.2) is 18.5 Å². The minimum atomic E-state index is -5.84. The molecular weight excluding hydrogens is 305 g/mol. The smallest absolute Gasteiger partial charge is 0.279 e. The molecule has 0 aromatic heterocycles. The number of rotatable bonds is 2. The largest absolute Gasteiger partial charge is 0.522 e. The SMILES string of the molecule is O=S(=O)(O)C(F)(F)F.c1ccc(Cc2ccccc2)cc1. The molecular formula is C14H13F3O3S. The van der Waals surface area contributed by atoms with Gasteiger partial charge in [0.2, 0.25) is 0 Å². The molecule has 0 radical (unpaired) electrons. The molecule has 2 aromatic rings. The van der Waals surface area contributed by atoms with Crippen molar-refractivity contribution in [3.05, 3.63) is 71.8 Å². The predicted octanol–water partition coefficient (Wildman–Crippen LogP) is 3.67. The van der Waals surface area contributed by atoms with Crippen LogP contribution in [0.1, 0.15) is 11.1 Å². The van der Waals surface area contributed by atoms with Gasteiger partial charge in [-0.2, -0.15) is 21.6 Å². The van der Waals surface area contributed by atoms with E-state index in [-0.39, 0.29) is 0 Å². The van der Waals surface area contributed by atoms with Crippen LogP contribution in [0.25, 0.3) is 0 Å². The third kappa shape index (κ3) is 6.42. The monoisotopic (exact) mass is 318 g/mol. The van der Waals surface area contributed by atoms with Gasteiger partial charge in [-0.3, -0.25) is 4.55 Å². The molecule has 0 bridgehead atoms. The zero-order chi connectivity index (χ0) is 15.9. The van der Waals surface area contributed by atoms with Crippen molar-refractivity contribution in [2.45, 2.75) is 11.9 Å². The van der Waals surface area contributed by atoms with Gasteiger partial charge in [0, 0.05) is 0 Å². The highest BCUT2D eigenvalue weighted by molar-refractivity contribution is 7.86. The average Bonchev–Trinajstić information content (AvgIpc) is 2.39. The van der Waals surface area contributed by atoms with Gasteiger partial charge < -0.3 is 0 Å². The zero-order valence-corrected chi connectivity index (χ0v) is 11.6. The summed E-state index contributed by atoms with van der Waals surface area (Å²) in [5.41, 5.74) is -2.80. The number of benzene rings is 2. The van der Waals surface area contributed by atoms with Gasteiger partial charge >= 0.3 is 15.6 Å². The summed E-state index contributed by atoms with van der Waals surface area (Å²) >= 11 is 0. The van der Waals surface area contributed by atoms with Crippen LogP contribution in [0, 0.1) is 0 Å². The molecule has 0 fully saturated rings. The van der Waals surface area contributed by atoms with Gasteiger partial charge in [0.05, 0.1) is 0 Å². The highest BCUT2D eigenvalue weighted by Crippen LogP contribution is 2.20. The molecule has 0 unspecified atom stereocenters. The molecule has 114 valence electrons. The summed E-state index contributed by atoms with van der Waals surface area (Å²) in [6.45, 7) is 0. The summed E-state index contributed by atoms with van der Waals surface area (Å²) in [6.07, 6.45) is 1.03. The molecule has 2 rings (SSSR count). The first-order valence-corrected chi connectivity index (χ1v) is 7.26. The van der Waals surface area contributed by atoms with Crippen LogP contribution in [-0.2, 0) is 16.5 Å². The van der Waals surface area contributed by atoms with Crippen LogP contribution >= 0.6 is 0 Å².